The molecule has 152 valence electrons. The SMILES string of the molecule is CN=C(NCCNC(=O)c1cccc(OC)c1)NCCc1ccccc1Cl.I. The zero-order chi connectivity index (χ0) is 19.5. The number of amides is 1. The maximum absolute atomic E-state index is 12.1. The number of hydrogen-bond donors (Lipinski definition) is 3. The Kier molecular flexibility index (Phi) is 11.4. The van der Waals surface area contributed by atoms with E-state index >= 15 is 0 Å². The van der Waals surface area contributed by atoms with Crippen LogP contribution in [0.1, 0.15) is 15.9 Å². The number of ether oxygens (including phenoxy) is 1. The van der Waals surface area contributed by atoms with Crippen LogP contribution < -0.4 is 20.7 Å². The standard InChI is InChI=1S/C20H25ClN4O2.HI/c1-22-20(24-11-10-15-6-3-4-9-18(15)21)25-13-12-23-19(26)16-7-5-8-17(14-16)27-2;/h3-9,14H,10-13H2,1-2H3,(H,23,26)(H2,22,24,25);1H. The fraction of sp³-hybridized carbons (Fsp3) is 0.300. The Bertz CT molecular complexity index is 786. The zero-order valence-corrected chi connectivity index (χ0v) is 19.1. The lowest BCUT2D eigenvalue weighted by Crippen LogP contribution is -2.42. The van der Waals surface area contributed by atoms with Gasteiger partial charge in [0.25, 0.3) is 5.91 Å². The molecule has 1 amide bonds. The van der Waals surface area contributed by atoms with E-state index in [0.717, 1.165) is 17.0 Å². The van der Waals surface area contributed by atoms with Gasteiger partial charge in [-0.05, 0) is 36.2 Å². The van der Waals surface area contributed by atoms with Gasteiger partial charge in [0.05, 0.1) is 7.11 Å². The van der Waals surface area contributed by atoms with Gasteiger partial charge in [-0.15, -0.1) is 24.0 Å². The summed E-state index contributed by atoms with van der Waals surface area (Å²) in [6.07, 6.45) is 0.799. The topological polar surface area (TPSA) is 74.8 Å². The Morgan fingerprint density at radius 3 is 2.46 bits per heavy atom. The van der Waals surface area contributed by atoms with Gasteiger partial charge in [-0.1, -0.05) is 35.9 Å². The van der Waals surface area contributed by atoms with E-state index in [1.807, 2.05) is 24.3 Å². The molecule has 3 N–H and O–H groups in total. The monoisotopic (exact) mass is 516 g/mol. The molecule has 0 saturated heterocycles. The first-order chi connectivity index (χ1) is 13.1. The number of rotatable bonds is 8. The Balaban J connectivity index is 0.00000392. The first-order valence-electron chi connectivity index (χ1n) is 8.74. The van der Waals surface area contributed by atoms with E-state index in [9.17, 15) is 4.79 Å². The predicted molar refractivity (Wildman–Crippen MR) is 125 cm³/mol. The summed E-state index contributed by atoms with van der Waals surface area (Å²) in [4.78, 5) is 16.3. The number of nitrogens with one attached hydrogen (secondary N) is 3. The molecule has 0 aromatic heterocycles. The van der Waals surface area contributed by atoms with Gasteiger partial charge in [-0.3, -0.25) is 9.79 Å². The molecule has 2 aromatic carbocycles. The van der Waals surface area contributed by atoms with Gasteiger partial charge < -0.3 is 20.7 Å². The Morgan fingerprint density at radius 1 is 1.04 bits per heavy atom. The first-order valence-corrected chi connectivity index (χ1v) is 9.12. The smallest absolute Gasteiger partial charge is 0.251 e. The van der Waals surface area contributed by atoms with Crippen molar-refractivity contribution in [2.24, 2.45) is 4.99 Å². The number of nitrogens with zero attached hydrogens (tertiary/aromatic N) is 1. The van der Waals surface area contributed by atoms with E-state index in [1.54, 1.807) is 38.4 Å². The number of carbonyl (C=O) groups is 1. The maximum atomic E-state index is 12.1. The highest BCUT2D eigenvalue weighted by atomic mass is 127. The molecule has 0 unspecified atom stereocenters. The summed E-state index contributed by atoms with van der Waals surface area (Å²) in [6.45, 7) is 1.74. The van der Waals surface area contributed by atoms with Crippen LogP contribution in [0.5, 0.6) is 5.75 Å². The van der Waals surface area contributed by atoms with E-state index in [2.05, 4.69) is 20.9 Å². The molecule has 6 nitrogen and oxygen atoms in total. The van der Waals surface area contributed by atoms with Crippen LogP contribution in [0.15, 0.2) is 53.5 Å². The number of methoxy groups -OCH3 is 1. The predicted octanol–water partition coefficient (Wildman–Crippen LogP) is 3.10. The molecular weight excluding hydrogens is 491 g/mol. The summed E-state index contributed by atoms with van der Waals surface area (Å²) in [6, 6.07) is 14.8. The molecule has 0 spiro atoms. The second-order valence-electron chi connectivity index (χ2n) is 5.76. The summed E-state index contributed by atoms with van der Waals surface area (Å²) >= 11 is 6.15. The molecule has 2 aromatic rings. The number of halogens is 2. The van der Waals surface area contributed by atoms with Gasteiger partial charge in [0.2, 0.25) is 0 Å². The lowest BCUT2D eigenvalue weighted by atomic mass is 10.1. The van der Waals surface area contributed by atoms with Crippen LogP contribution in [-0.2, 0) is 6.42 Å². The van der Waals surface area contributed by atoms with E-state index in [4.69, 9.17) is 16.3 Å². The van der Waals surface area contributed by atoms with Crippen LogP contribution in [0.2, 0.25) is 5.02 Å². The van der Waals surface area contributed by atoms with Gasteiger partial charge in [-0.2, -0.15) is 0 Å². The number of guanidine groups is 1. The average molecular weight is 517 g/mol. The largest absolute Gasteiger partial charge is 0.497 e. The lowest BCUT2D eigenvalue weighted by molar-refractivity contribution is 0.0954. The van der Waals surface area contributed by atoms with Crippen molar-refractivity contribution in [1.29, 1.82) is 0 Å². The van der Waals surface area contributed by atoms with Crippen LogP contribution in [-0.4, -0.2) is 45.7 Å². The van der Waals surface area contributed by atoms with Crippen LogP contribution in [0.4, 0.5) is 0 Å². The zero-order valence-electron chi connectivity index (χ0n) is 16.0. The molecule has 28 heavy (non-hydrogen) atoms. The van der Waals surface area contributed by atoms with E-state index in [0.29, 0.717) is 36.9 Å². The number of aliphatic imine (C=N–C) groups is 1. The van der Waals surface area contributed by atoms with Crippen molar-refractivity contribution >= 4 is 47.4 Å². The van der Waals surface area contributed by atoms with Gasteiger partial charge in [0.15, 0.2) is 5.96 Å². The van der Waals surface area contributed by atoms with E-state index in [-0.39, 0.29) is 29.9 Å². The molecular formula is C20H26ClIN4O2. The number of hydrogen-bond acceptors (Lipinski definition) is 3. The summed E-state index contributed by atoms with van der Waals surface area (Å²) < 4.78 is 5.13. The van der Waals surface area contributed by atoms with Crippen molar-refractivity contribution in [3.63, 3.8) is 0 Å². The van der Waals surface area contributed by atoms with Gasteiger partial charge >= 0.3 is 0 Å². The third-order valence-corrected chi connectivity index (χ3v) is 4.27. The minimum absolute atomic E-state index is 0. The first kappa shape index (κ1) is 24.0. The molecule has 0 heterocycles. The van der Waals surface area contributed by atoms with Crippen molar-refractivity contribution in [2.75, 3.05) is 33.8 Å². The fourth-order valence-corrected chi connectivity index (χ4v) is 2.69. The molecule has 0 radical (unpaired) electrons. The molecule has 0 atom stereocenters. The summed E-state index contributed by atoms with van der Waals surface area (Å²) in [5.74, 6) is 1.19. The summed E-state index contributed by atoms with van der Waals surface area (Å²) in [5, 5.41) is 10.0. The van der Waals surface area contributed by atoms with Crippen LogP contribution in [0, 0.1) is 0 Å². The van der Waals surface area contributed by atoms with Crippen LogP contribution in [0.25, 0.3) is 0 Å². The second-order valence-corrected chi connectivity index (χ2v) is 6.16. The highest BCUT2D eigenvalue weighted by Gasteiger charge is 2.06. The fourth-order valence-electron chi connectivity index (χ4n) is 2.46. The molecule has 0 aliphatic carbocycles. The second kappa shape index (κ2) is 13.2. The minimum Gasteiger partial charge on any atom is -0.497 e. The molecule has 2 rings (SSSR count). The number of carbonyl (C=O) groups excluding carboxylic acids is 1. The average Bonchev–Trinajstić information content (AvgIpc) is 2.71. The van der Waals surface area contributed by atoms with Crippen LogP contribution in [0.3, 0.4) is 0 Å². The minimum atomic E-state index is -0.141. The highest BCUT2D eigenvalue weighted by Crippen LogP contribution is 2.14. The lowest BCUT2D eigenvalue weighted by Gasteiger charge is -2.13. The van der Waals surface area contributed by atoms with Crippen molar-refractivity contribution in [3.05, 3.63) is 64.7 Å². The van der Waals surface area contributed by atoms with Crippen molar-refractivity contribution in [2.45, 2.75) is 6.42 Å². The molecule has 8 heteroatoms. The molecule has 0 aliphatic heterocycles. The molecule has 0 bridgehead atoms. The third-order valence-electron chi connectivity index (χ3n) is 3.90. The Morgan fingerprint density at radius 2 is 1.75 bits per heavy atom. The Hall–Kier alpha value is -2.00. The van der Waals surface area contributed by atoms with Crippen molar-refractivity contribution in [3.8, 4) is 5.75 Å². The maximum Gasteiger partial charge on any atom is 0.251 e. The molecule has 0 saturated carbocycles. The van der Waals surface area contributed by atoms with Gasteiger partial charge in [0, 0.05) is 37.3 Å². The summed E-state index contributed by atoms with van der Waals surface area (Å²) in [5.41, 5.74) is 1.66. The Labute approximate surface area is 188 Å². The van der Waals surface area contributed by atoms with E-state index in [1.165, 1.54) is 0 Å². The van der Waals surface area contributed by atoms with Gasteiger partial charge in [0.1, 0.15) is 5.75 Å². The summed E-state index contributed by atoms with van der Waals surface area (Å²) in [7, 11) is 3.28. The quantitative estimate of drug-likeness (QED) is 0.218. The van der Waals surface area contributed by atoms with Crippen molar-refractivity contribution in [1.82, 2.24) is 16.0 Å². The molecule has 0 fully saturated rings. The third kappa shape index (κ3) is 7.93. The van der Waals surface area contributed by atoms with E-state index < -0.39 is 0 Å². The number of benzene rings is 2. The van der Waals surface area contributed by atoms with Crippen molar-refractivity contribution < 1.29 is 9.53 Å². The molecule has 0 aliphatic rings. The van der Waals surface area contributed by atoms with Gasteiger partial charge in [-0.25, -0.2) is 0 Å². The normalized spacial score (nSPS) is 10.6. The van der Waals surface area contributed by atoms with Crippen LogP contribution >= 0.6 is 35.6 Å². The highest BCUT2D eigenvalue weighted by molar-refractivity contribution is 14.0.